The molecule has 0 bridgehead atoms. The van der Waals surface area contributed by atoms with Gasteiger partial charge in [-0.1, -0.05) is 0 Å². The molecule has 0 radical (unpaired) electrons. The third-order valence-corrected chi connectivity index (χ3v) is 3.43. The number of thiazole rings is 1. The quantitative estimate of drug-likeness (QED) is 0.748. The molecule has 2 nitrogen and oxygen atoms in total. The number of aryl methyl sites for hydroxylation is 1. The molecule has 0 aromatic carbocycles. The van der Waals surface area contributed by atoms with Gasteiger partial charge in [-0.15, -0.1) is 11.3 Å². The molecule has 14 heavy (non-hydrogen) atoms. The maximum atomic E-state index is 5.41. The SMILES string of the molecule is Cc1ccoc1-c1nc(C2CC2)cs1. The first kappa shape index (κ1) is 8.24. The Morgan fingerprint density at radius 2 is 2.36 bits per heavy atom. The summed E-state index contributed by atoms with van der Waals surface area (Å²) in [6.07, 6.45) is 4.34. The zero-order chi connectivity index (χ0) is 9.54. The molecule has 0 atom stereocenters. The van der Waals surface area contributed by atoms with E-state index in [9.17, 15) is 0 Å². The molecule has 3 heteroatoms. The lowest BCUT2D eigenvalue weighted by Crippen LogP contribution is -1.79. The lowest BCUT2D eigenvalue weighted by molar-refractivity contribution is 0.580. The Bertz CT molecular complexity index is 453. The summed E-state index contributed by atoms with van der Waals surface area (Å²) >= 11 is 1.68. The molecule has 0 saturated heterocycles. The molecule has 72 valence electrons. The van der Waals surface area contributed by atoms with Crippen LogP contribution in [-0.4, -0.2) is 4.98 Å². The first-order valence-corrected chi connectivity index (χ1v) is 5.72. The van der Waals surface area contributed by atoms with E-state index in [1.807, 2.05) is 6.07 Å². The number of nitrogens with zero attached hydrogens (tertiary/aromatic N) is 1. The minimum Gasteiger partial charge on any atom is -0.462 e. The topological polar surface area (TPSA) is 26.0 Å². The number of rotatable bonds is 2. The molecule has 1 aliphatic carbocycles. The third kappa shape index (κ3) is 1.28. The second-order valence-corrected chi connectivity index (χ2v) is 4.64. The number of aromatic nitrogens is 1. The van der Waals surface area contributed by atoms with Gasteiger partial charge in [-0.25, -0.2) is 4.98 Å². The van der Waals surface area contributed by atoms with Gasteiger partial charge in [0, 0.05) is 11.3 Å². The van der Waals surface area contributed by atoms with Crippen LogP contribution in [0.25, 0.3) is 10.8 Å². The van der Waals surface area contributed by atoms with E-state index in [4.69, 9.17) is 4.42 Å². The maximum absolute atomic E-state index is 5.41. The van der Waals surface area contributed by atoms with Crippen molar-refractivity contribution in [3.63, 3.8) is 0 Å². The van der Waals surface area contributed by atoms with E-state index in [2.05, 4.69) is 17.3 Å². The highest BCUT2D eigenvalue weighted by Crippen LogP contribution is 2.41. The Kier molecular flexibility index (Phi) is 1.74. The monoisotopic (exact) mass is 205 g/mol. The first-order chi connectivity index (χ1) is 6.84. The van der Waals surface area contributed by atoms with Crippen molar-refractivity contribution in [2.24, 2.45) is 0 Å². The fourth-order valence-corrected chi connectivity index (χ4v) is 2.50. The van der Waals surface area contributed by atoms with Crippen LogP contribution < -0.4 is 0 Å². The van der Waals surface area contributed by atoms with Crippen LogP contribution in [0.15, 0.2) is 22.1 Å². The molecule has 3 rings (SSSR count). The molecule has 2 heterocycles. The molecule has 0 unspecified atom stereocenters. The van der Waals surface area contributed by atoms with Crippen molar-refractivity contribution in [2.45, 2.75) is 25.7 Å². The highest BCUT2D eigenvalue weighted by atomic mass is 32.1. The zero-order valence-electron chi connectivity index (χ0n) is 7.99. The van der Waals surface area contributed by atoms with Crippen molar-refractivity contribution in [2.75, 3.05) is 0 Å². The van der Waals surface area contributed by atoms with Gasteiger partial charge in [-0.2, -0.15) is 0 Å². The van der Waals surface area contributed by atoms with Gasteiger partial charge in [0.05, 0.1) is 12.0 Å². The van der Waals surface area contributed by atoms with Gasteiger partial charge in [0.1, 0.15) is 0 Å². The van der Waals surface area contributed by atoms with E-state index < -0.39 is 0 Å². The predicted octanol–water partition coefficient (Wildman–Crippen LogP) is 3.59. The minimum absolute atomic E-state index is 0.732. The predicted molar refractivity (Wildman–Crippen MR) is 56.5 cm³/mol. The average Bonchev–Trinajstić information content (AvgIpc) is 2.75. The summed E-state index contributed by atoms with van der Waals surface area (Å²) in [7, 11) is 0. The average molecular weight is 205 g/mol. The van der Waals surface area contributed by atoms with Crippen LogP contribution in [0.3, 0.4) is 0 Å². The van der Waals surface area contributed by atoms with Crippen LogP contribution in [0.2, 0.25) is 0 Å². The smallest absolute Gasteiger partial charge is 0.165 e. The van der Waals surface area contributed by atoms with Crippen LogP contribution in [0.4, 0.5) is 0 Å². The van der Waals surface area contributed by atoms with Gasteiger partial charge >= 0.3 is 0 Å². The van der Waals surface area contributed by atoms with Gasteiger partial charge in [0.15, 0.2) is 10.8 Å². The third-order valence-electron chi connectivity index (χ3n) is 2.57. The normalized spacial score (nSPS) is 16.1. The van der Waals surface area contributed by atoms with Crippen LogP contribution in [0.5, 0.6) is 0 Å². The number of hydrogen-bond donors (Lipinski definition) is 0. The van der Waals surface area contributed by atoms with Crippen LogP contribution >= 0.6 is 11.3 Å². The van der Waals surface area contributed by atoms with Gasteiger partial charge < -0.3 is 4.42 Å². The van der Waals surface area contributed by atoms with Crippen molar-refractivity contribution < 1.29 is 4.42 Å². The van der Waals surface area contributed by atoms with Gasteiger partial charge in [0.2, 0.25) is 0 Å². The van der Waals surface area contributed by atoms with Crippen molar-refractivity contribution in [3.8, 4) is 10.8 Å². The molecule has 1 fully saturated rings. The Labute approximate surface area is 86.6 Å². The fraction of sp³-hybridized carbons (Fsp3) is 0.364. The molecular formula is C11H11NOS. The molecule has 2 aromatic heterocycles. The summed E-state index contributed by atoms with van der Waals surface area (Å²) in [6, 6.07) is 1.98. The standard InChI is InChI=1S/C11H11NOS/c1-7-4-5-13-10(7)11-12-9(6-14-11)8-2-3-8/h4-6,8H,2-3H2,1H3. The molecule has 1 aliphatic rings. The van der Waals surface area contributed by atoms with Crippen LogP contribution in [-0.2, 0) is 0 Å². The number of furan rings is 1. The van der Waals surface area contributed by atoms with Crippen molar-refractivity contribution in [1.82, 2.24) is 4.98 Å². The van der Waals surface area contributed by atoms with Crippen molar-refractivity contribution in [1.29, 1.82) is 0 Å². The van der Waals surface area contributed by atoms with Crippen molar-refractivity contribution in [3.05, 3.63) is 29.0 Å². The van der Waals surface area contributed by atoms with E-state index in [1.165, 1.54) is 24.1 Å². The number of hydrogen-bond acceptors (Lipinski definition) is 3. The maximum Gasteiger partial charge on any atom is 0.165 e. The minimum atomic E-state index is 0.732. The zero-order valence-corrected chi connectivity index (χ0v) is 8.80. The van der Waals surface area contributed by atoms with E-state index >= 15 is 0 Å². The fourth-order valence-electron chi connectivity index (χ4n) is 1.55. The Morgan fingerprint density at radius 3 is 3.00 bits per heavy atom. The van der Waals surface area contributed by atoms with E-state index in [0.29, 0.717) is 0 Å². The summed E-state index contributed by atoms with van der Waals surface area (Å²) in [4.78, 5) is 4.60. The molecule has 1 saturated carbocycles. The highest BCUT2D eigenvalue weighted by Gasteiger charge is 2.26. The summed E-state index contributed by atoms with van der Waals surface area (Å²) in [5.41, 5.74) is 2.42. The van der Waals surface area contributed by atoms with E-state index in [-0.39, 0.29) is 0 Å². The highest BCUT2D eigenvalue weighted by molar-refractivity contribution is 7.13. The molecule has 0 spiro atoms. The Balaban J connectivity index is 1.99. The second-order valence-electron chi connectivity index (χ2n) is 3.78. The van der Waals surface area contributed by atoms with Gasteiger partial charge in [0.25, 0.3) is 0 Å². The summed E-state index contributed by atoms with van der Waals surface area (Å²) in [6.45, 7) is 2.05. The second kappa shape index (κ2) is 2.95. The van der Waals surface area contributed by atoms with Crippen LogP contribution in [0.1, 0.15) is 30.0 Å². The van der Waals surface area contributed by atoms with Gasteiger partial charge in [-0.05, 0) is 31.4 Å². The van der Waals surface area contributed by atoms with Crippen LogP contribution in [0, 0.1) is 6.92 Å². The Morgan fingerprint density at radius 1 is 1.50 bits per heavy atom. The van der Waals surface area contributed by atoms with Gasteiger partial charge in [-0.3, -0.25) is 0 Å². The largest absolute Gasteiger partial charge is 0.462 e. The molecule has 2 aromatic rings. The Hall–Kier alpha value is -1.09. The molecule has 0 amide bonds. The lowest BCUT2D eigenvalue weighted by Gasteiger charge is -1.91. The lowest BCUT2D eigenvalue weighted by atomic mass is 10.3. The van der Waals surface area contributed by atoms with E-state index in [1.54, 1.807) is 17.6 Å². The van der Waals surface area contributed by atoms with E-state index in [0.717, 1.165) is 16.7 Å². The summed E-state index contributed by atoms with van der Waals surface area (Å²) < 4.78 is 5.41. The molecular weight excluding hydrogens is 194 g/mol. The molecule has 0 aliphatic heterocycles. The summed E-state index contributed by atoms with van der Waals surface area (Å²) in [5, 5.41) is 3.18. The molecule has 0 N–H and O–H groups in total. The summed E-state index contributed by atoms with van der Waals surface area (Å²) in [5.74, 6) is 1.66. The van der Waals surface area contributed by atoms with Crippen molar-refractivity contribution >= 4 is 11.3 Å². The first-order valence-electron chi connectivity index (χ1n) is 4.84.